The fourth-order valence-corrected chi connectivity index (χ4v) is 3.76. The lowest BCUT2D eigenvalue weighted by Gasteiger charge is -2.25. The maximum atomic E-state index is 12.8. The third-order valence-corrected chi connectivity index (χ3v) is 5.37. The summed E-state index contributed by atoms with van der Waals surface area (Å²) in [5.41, 5.74) is 1.13. The van der Waals surface area contributed by atoms with E-state index in [0.717, 1.165) is 5.39 Å². The van der Waals surface area contributed by atoms with Crippen LogP contribution in [0.4, 0.5) is 10.6 Å². The molecule has 10 nitrogen and oxygen atoms in total. The molecule has 178 valence electrons. The second-order valence-electron chi connectivity index (χ2n) is 9.21. The molecule has 34 heavy (non-hydrogen) atoms. The van der Waals surface area contributed by atoms with Crippen molar-refractivity contribution in [2.24, 2.45) is 0 Å². The molecule has 0 aromatic carbocycles. The molecule has 0 spiro atoms. The molecule has 0 unspecified atom stereocenters. The monoisotopic (exact) mass is 484 g/mol. The van der Waals surface area contributed by atoms with E-state index >= 15 is 0 Å². The van der Waals surface area contributed by atoms with Gasteiger partial charge in [0, 0.05) is 42.5 Å². The summed E-state index contributed by atoms with van der Waals surface area (Å²) in [5, 5.41) is 15.1. The van der Waals surface area contributed by atoms with E-state index in [9.17, 15) is 14.7 Å². The van der Waals surface area contributed by atoms with Crippen LogP contribution in [0.5, 0.6) is 0 Å². The summed E-state index contributed by atoms with van der Waals surface area (Å²) in [5.74, 6) is -0.887. The Labute approximate surface area is 200 Å². The van der Waals surface area contributed by atoms with Crippen LogP contribution in [0.3, 0.4) is 0 Å². The van der Waals surface area contributed by atoms with Crippen LogP contribution >= 0.6 is 11.6 Å². The van der Waals surface area contributed by atoms with Crippen LogP contribution in [0.15, 0.2) is 30.7 Å². The number of amides is 1. The molecule has 0 fully saturated rings. The van der Waals surface area contributed by atoms with Gasteiger partial charge in [-0.05, 0) is 40.7 Å². The van der Waals surface area contributed by atoms with E-state index in [1.165, 1.54) is 22.7 Å². The number of rotatable bonds is 4. The van der Waals surface area contributed by atoms with Gasteiger partial charge in [-0.3, -0.25) is 4.90 Å². The number of carboxylic acid groups (broad SMARTS) is 1. The van der Waals surface area contributed by atoms with Gasteiger partial charge in [-0.25, -0.2) is 19.6 Å². The van der Waals surface area contributed by atoms with Gasteiger partial charge in [0.25, 0.3) is 0 Å². The van der Waals surface area contributed by atoms with Crippen molar-refractivity contribution in [1.82, 2.24) is 24.1 Å². The van der Waals surface area contributed by atoms with Gasteiger partial charge in [-0.15, -0.1) is 0 Å². The van der Waals surface area contributed by atoms with E-state index < -0.39 is 17.7 Å². The number of anilines is 1. The van der Waals surface area contributed by atoms with E-state index in [2.05, 4.69) is 15.1 Å². The molecule has 1 N–H and O–H groups in total. The summed E-state index contributed by atoms with van der Waals surface area (Å²) in [6.45, 7) is 9.34. The molecule has 4 heterocycles. The van der Waals surface area contributed by atoms with Crippen LogP contribution in [-0.4, -0.2) is 54.0 Å². The summed E-state index contributed by atoms with van der Waals surface area (Å²) in [7, 11) is 1.53. The SMILES string of the molecule is CC(C)n1cc(-c2cc(N(C)C(=O)OC(C)(C)C)n3ncc(C(=O)O)c3n2)c2cc(Cl)cnc21. The molecule has 0 atom stereocenters. The quantitative estimate of drug-likeness (QED) is 0.431. The Bertz CT molecular complexity index is 1430. The third-order valence-electron chi connectivity index (χ3n) is 5.16. The lowest BCUT2D eigenvalue weighted by Crippen LogP contribution is -2.35. The molecule has 0 radical (unpaired) electrons. The van der Waals surface area contributed by atoms with Crippen LogP contribution in [0, 0.1) is 0 Å². The van der Waals surface area contributed by atoms with Crippen LogP contribution in [0.2, 0.25) is 5.02 Å². The molecule has 0 saturated carbocycles. The van der Waals surface area contributed by atoms with Crippen molar-refractivity contribution in [3.05, 3.63) is 41.3 Å². The number of carbonyl (C=O) groups is 2. The topological polar surface area (TPSA) is 115 Å². The molecule has 1 amide bonds. The highest BCUT2D eigenvalue weighted by Gasteiger charge is 2.26. The number of ether oxygens (including phenoxy) is 1. The van der Waals surface area contributed by atoms with Crippen molar-refractivity contribution in [2.45, 2.75) is 46.3 Å². The second kappa shape index (κ2) is 8.28. The minimum Gasteiger partial charge on any atom is -0.477 e. The summed E-state index contributed by atoms with van der Waals surface area (Å²) < 4.78 is 8.80. The van der Waals surface area contributed by atoms with E-state index in [0.29, 0.717) is 27.7 Å². The minimum atomic E-state index is -1.18. The molecular formula is C23H25ClN6O4. The first-order valence-corrected chi connectivity index (χ1v) is 11.0. The van der Waals surface area contributed by atoms with E-state index in [-0.39, 0.29) is 17.3 Å². The highest BCUT2D eigenvalue weighted by atomic mass is 35.5. The highest BCUT2D eigenvalue weighted by Crippen LogP contribution is 2.34. The van der Waals surface area contributed by atoms with Crippen LogP contribution in [-0.2, 0) is 4.74 Å². The van der Waals surface area contributed by atoms with Gasteiger partial charge in [-0.2, -0.15) is 9.61 Å². The Kier molecular flexibility index (Phi) is 5.72. The largest absolute Gasteiger partial charge is 0.477 e. The number of fused-ring (bicyclic) bond motifs is 2. The lowest BCUT2D eigenvalue weighted by molar-refractivity contribution is 0.0587. The molecule has 0 bridgehead atoms. The Balaban J connectivity index is 2.00. The number of carboxylic acids is 1. The molecule has 4 aromatic rings. The van der Waals surface area contributed by atoms with Gasteiger partial charge >= 0.3 is 12.1 Å². The van der Waals surface area contributed by atoms with Gasteiger partial charge in [0.15, 0.2) is 5.65 Å². The Morgan fingerprint density at radius 1 is 1.18 bits per heavy atom. The van der Waals surface area contributed by atoms with E-state index in [1.54, 1.807) is 39.1 Å². The van der Waals surface area contributed by atoms with Gasteiger partial charge in [0.2, 0.25) is 0 Å². The summed E-state index contributed by atoms with van der Waals surface area (Å²) >= 11 is 6.24. The number of carbonyl (C=O) groups excluding carboxylic acids is 1. The van der Waals surface area contributed by atoms with Gasteiger partial charge in [0.1, 0.15) is 22.6 Å². The average Bonchev–Trinajstić information content (AvgIpc) is 3.32. The summed E-state index contributed by atoms with van der Waals surface area (Å²) in [4.78, 5) is 35.0. The first-order chi connectivity index (χ1) is 15.9. The van der Waals surface area contributed by atoms with Crippen LogP contribution < -0.4 is 4.90 Å². The normalized spacial score (nSPS) is 12.0. The number of aromatic carboxylic acids is 1. The van der Waals surface area contributed by atoms with Crippen LogP contribution in [0.1, 0.15) is 51.0 Å². The Hall–Kier alpha value is -3.66. The predicted molar refractivity (Wildman–Crippen MR) is 129 cm³/mol. The molecule has 4 rings (SSSR count). The number of halogens is 1. The molecule has 11 heteroatoms. The first kappa shape index (κ1) is 23.5. The average molecular weight is 485 g/mol. The number of aromatic nitrogens is 5. The number of hydrogen-bond donors (Lipinski definition) is 1. The number of pyridine rings is 1. The van der Waals surface area contributed by atoms with Crippen molar-refractivity contribution < 1.29 is 19.4 Å². The molecule has 0 aliphatic heterocycles. The van der Waals surface area contributed by atoms with Gasteiger partial charge < -0.3 is 14.4 Å². The van der Waals surface area contributed by atoms with Gasteiger partial charge in [-0.1, -0.05) is 11.6 Å². The fourth-order valence-electron chi connectivity index (χ4n) is 3.60. The standard InChI is InChI=1S/C23H25ClN6O4/c1-12(2)29-11-16(14-7-13(24)9-25-19(14)29)17-8-18(28(6)22(33)34-23(3,4)5)30-20(27-17)15(10-26-30)21(31)32/h7-12H,1-6H3,(H,31,32). The molecular weight excluding hydrogens is 460 g/mol. The maximum Gasteiger partial charge on any atom is 0.415 e. The van der Waals surface area contributed by atoms with E-state index in [1.807, 2.05) is 24.6 Å². The molecule has 0 aliphatic carbocycles. The maximum absolute atomic E-state index is 12.8. The van der Waals surface area contributed by atoms with Crippen molar-refractivity contribution in [3.63, 3.8) is 0 Å². The molecule has 4 aromatic heterocycles. The minimum absolute atomic E-state index is 0.0931. The first-order valence-electron chi connectivity index (χ1n) is 10.6. The summed E-state index contributed by atoms with van der Waals surface area (Å²) in [6, 6.07) is 3.55. The van der Waals surface area contributed by atoms with Crippen molar-refractivity contribution in [2.75, 3.05) is 11.9 Å². The smallest absolute Gasteiger partial charge is 0.415 e. The zero-order chi connectivity index (χ0) is 24.9. The van der Waals surface area contributed by atoms with Gasteiger partial charge in [0.05, 0.1) is 16.9 Å². The van der Waals surface area contributed by atoms with E-state index in [4.69, 9.17) is 16.3 Å². The lowest BCUT2D eigenvalue weighted by atomic mass is 10.1. The predicted octanol–water partition coefficient (Wildman–Crippen LogP) is 5.05. The van der Waals surface area contributed by atoms with Crippen LogP contribution in [0.25, 0.3) is 27.9 Å². The van der Waals surface area contributed by atoms with Crippen molar-refractivity contribution in [1.29, 1.82) is 0 Å². The second-order valence-corrected chi connectivity index (χ2v) is 9.64. The molecule has 0 aliphatic rings. The Morgan fingerprint density at radius 3 is 2.50 bits per heavy atom. The van der Waals surface area contributed by atoms with Crippen molar-refractivity contribution in [3.8, 4) is 11.3 Å². The highest BCUT2D eigenvalue weighted by molar-refractivity contribution is 6.31. The zero-order valence-electron chi connectivity index (χ0n) is 19.7. The number of nitrogens with zero attached hydrogens (tertiary/aromatic N) is 6. The third kappa shape index (κ3) is 4.16. The summed E-state index contributed by atoms with van der Waals surface area (Å²) in [6.07, 6.45) is 4.06. The Morgan fingerprint density at radius 2 is 1.88 bits per heavy atom. The molecule has 0 saturated heterocycles. The number of hydrogen-bond acceptors (Lipinski definition) is 6. The zero-order valence-corrected chi connectivity index (χ0v) is 20.5. The fraction of sp³-hybridized carbons (Fsp3) is 0.348. The van der Waals surface area contributed by atoms with Crippen molar-refractivity contribution >= 4 is 46.2 Å².